The number of fused-ring (bicyclic) bond motifs is 1. The van der Waals surface area contributed by atoms with Gasteiger partial charge < -0.3 is 10.2 Å². The molecule has 2 aliphatic rings. The second kappa shape index (κ2) is 7.09. The van der Waals surface area contributed by atoms with E-state index in [0.29, 0.717) is 24.7 Å². The molecule has 0 aliphatic heterocycles. The van der Waals surface area contributed by atoms with Gasteiger partial charge in [-0.05, 0) is 54.6 Å². The predicted molar refractivity (Wildman–Crippen MR) is 93.4 cm³/mol. The number of carbonyl (C=O) groups excluding carboxylic acids is 2. The average molecular weight is 336 g/mol. The summed E-state index contributed by atoms with van der Waals surface area (Å²) in [6.07, 6.45) is 4.53. The van der Waals surface area contributed by atoms with Gasteiger partial charge in [-0.25, -0.2) is 0 Å². The number of carbonyl (C=O) groups is 2. The van der Waals surface area contributed by atoms with Crippen LogP contribution in [0.2, 0.25) is 0 Å². The molecule has 1 saturated carbocycles. The summed E-state index contributed by atoms with van der Waals surface area (Å²) < 4.78 is 0. The van der Waals surface area contributed by atoms with Crippen LogP contribution in [0.1, 0.15) is 66.2 Å². The summed E-state index contributed by atoms with van der Waals surface area (Å²) in [6.45, 7) is 8.37. The van der Waals surface area contributed by atoms with E-state index in [2.05, 4.69) is 20.8 Å². The van der Waals surface area contributed by atoms with E-state index in [1.165, 1.54) is 0 Å². The number of aliphatic hydroxyl groups excluding tert-OH is 2. The molecule has 0 heterocycles. The van der Waals surface area contributed by atoms with Gasteiger partial charge in [-0.1, -0.05) is 27.7 Å². The number of ketones is 2. The van der Waals surface area contributed by atoms with E-state index < -0.39 is 11.5 Å². The predicted octanol–water partition coefficient (Wildman–Crippen LogP) is 3.06. The lowest BCUT2D eigenvalue weighted by Crippen LogP contribution is -2.30. The van der Waals surface area contributed by atoms with E-state index in [-0.39, 0.29) is 30.0 Å². The molecule has 0 radical (unpaired) electrons. The maximum absolute atomic E-state index is 12.9. The standard InChI is InChI=1S/C20H32O4/c1-13(2)15-11-17(23)16-12-18(24)19(3,8-9-20(15,16)4)7-5-14(22)6-10-21/h12-13,15,17,21,23H,5-11H2,1-4H3/t15-,17+,19+,20-/m1/s1. The fourth-order valence-corrected chi connectivity index (χ4v) is 4.71. The maximum Gasteiger partial charge on any atom is 0.161 e. The Morgan fingerprint density at radius 2 is 1.96 bits per heavy atom. The van der Waals surface area contributed by atoms with Gasteiger partial charge in [0.1, 0.15) is 5.78 Å². The molecule has 0 amide bonds. The van der Waals surface area contributed by atoms with Gasteiger partial charge in [-0.2, -0.15) is 0 Å². The van der Waals surface area contributed by atoms with E-state index in [9.17, 15) is 14.7 Å². The molecule has 0 aromatic heterocycles. The van der Waals surface area contributed by atoms with Gasteiger partial charge in [0.15, 0.2) is 5.78 Å². The first-order valence-corrected chi connectivity index (χ1v) is 9.21. The maximum atomic E-state index is 12.9. The normalized spacial score (nSPS) is 36.5. The lowest BCUT2D eigenvalue weighted by atomic mass is 9.68. The Morgan fingerprint density at radius 1 is 1.29 bits per heavy atom. The van der Waals surface area contributed by atoms with Gasteiger partial charge in [-0.3, -0.25) is 9.59 Å². The molecule has 2 aliphatic carbocycles. The molecule has 4 nitrogen and oxygen atoms in total. The number of allylic oxidation sites excluding steroid dienone is 1. The molecular weight excluding hydrogens is 304 g/mol. The van der Waals surface area contributed by atoms with E-state index in [1.54, 1.807) is 6.08 Å². The summed E-state index contributed by atoms with van der Waals surface area (Å²) in [5.41, 5.74) is 0.222. The Morgan fingerprint density at radius 3 is 2.54 bits per heavy atom. The average Bonchev–Trinajstić information content (AvgIpc) is 2.70. The lowest BCUT2D eigenvalue weighted by Gasteiger charge is -2.36. The third kappa shape index (κ3) is 3.50. The van der Waals surface area contributed by atoms with Gasteiger partial charge in [0.05, 0.1) is 6.10 Å². The monoisotopic (exact) mass is 336 g/mol. The molecule has 4 atom stereocenters. The highest BCUT2D eigenvalue weighted by Crippen LogP contribution is 2.56. The van der Waals surface area contributed by atoms with Crippen LogP contribution in [0.5, 0.6) is 0 Å². The van der Waals surface area contributed by atoms with Crippen LogP contribution in [0.15, 0.2) is 11.6 Å². The van der Waals surface area contributed by atoms with Gasteiger partial charge in [0.2, 0.25) is 0 Å². The van der Waals surface area contributed by atoms with Crippen molar-refractivity contribution < 1.29 is 19.8 Å². The zero-order valence-electron chi connectivity index (χ0n) is 15.5. The number of hydrogen-bond acceptors (Lipinski definition) is 4. The molecular formula is C20H32O4. The van der Waals surface area contributed by atoms with Crippen molar-refractivity contribution in [3.63, 3.8) is 0 Å². The van der Waals surface area contributed by atoms with Gasteiger partial charge in [0.25, 0.3) is 0 Å². The topological polar surface area (TPSA) is 74.6 Å². The third-order valence-electron chi connectivity index (χ3n) is 6.54. The number of Topliss-reactive ketones (excluding diaryl/α,β-unsaturated/α-hetero) is 1. The van der Waals surface area contributed by atoms with Crippen LogP contribution >= 0.6 is 0 Å². The Labute approximate surface area is 145 Å². The summed E-state index contributed by atoms with van der Waals surface area (Å²) in [7, 11) is 0. The molecule has 136 valence electrons. The summed E-state index contributed by atoms with van der Waals surface area (Å²) in [5.74, 6) is 0.891. The van der Waals surface area contributed by atoms with E-state index >= 15 is 0 Å². The van der Waals surface area contributed by atoms with Crippen molar-refractivity contribution >= 4 is 11.6 Å². The van der Waals surface area contributed by atoms with E-state index in [4.69, 9.17) is 5.11 Å². The van der Waals surface area contributed by atoms with Crippen LogP contribution in [0.25, 0.3) is 0 Å². The van der Waals surface area contributed by atoms with E-state index in [0.717, 1.165) is 24.8 Å². The first-order chi connectivity index (χ1) is 11.1. The van der Waals surface area contributed by atoms with Crippen molar-refractivity contribution in [3.8, 4) is 0 Å². The number of rotatable bonds is 6. The first-order valence-electron chi connectivity index (χ1n) is 9.21. The summed E-state index contributed by atoms with van der Waals surface area (Å²) >= 11 is 0. The van der Waals surface area contributed by atoms with E-state index in [1.807, 2.05) is 6.92 Å². The summed E-state index contributed by atoms with van der Waals surface area (Å²) in [5, 5.41) is 19.4. The van der Waals surface area contributed by atoms with Crippen molar-refractivity contribution in [1.82, 2.24) is 0 Å². The molecule has 24 heavy (non-hydrogen) atoms. The fraction of sp³-hybridized carbons (Fsp3) is 0.800. The molecule has 0 bridgehead atoms. The minimum absolute atomic E-state index is 0.00919. The molecule has 2 N–H and O–H groups in total. The highest BCUT2D eigenvalue weighted by atomic mass is 16.3. The third-order valence-corrected chi connectivity index (χ3v) is 6.54. The molecule has 0 unspecified atom stereocenters. The molecule has 2 rings (SSSR count). The van der Waals surface area contributed by atoms with Gasteiger partial charge >= 0.3 is 0 Å². The second-order valence-corrected chi connectivity index (χ2v) is 8.56. The van der Waals surface area contributed by atoms with Crippen LogP contribution in [-0.4, -0.2) is 34.5 Å². The molecule has 0 aromatic carbocycles. The summed E-state index contributed by atoms with van der Waals surface area (Å²) in [4.78, 5) is 24.6. The van der Waals surface area contributed by atoms with Crippen molar-refractivity contribution in [1.29, 1.82) is 0 Å². The molecule has 0 spiro atoms. The van der Waals surface area contributed by atoms with Crippen LogP contribution in [0.3, 0.4) is 0 Å². The van der Waals surface area contributed by atoms with Crippen LogP contribution in [0.4, 0.5) is 0 Å². The molecule has 1 fully saturated rings. The Balaban J connectivity index is 2.22. The number of aliphatic hydroxyl groups is 2. The minimum Gasteiger partial charge on any atom is -0.396 e. The highest BCUT2D eigenvalue weighted by molar-refractivity contribution is 5.96. The SMILES string of the molecule is CC(C)[C@H]1C[C@H](O)C2=CC(=O)[C@@](C)(CCC(=O)CCO)CC[C@@]21C. The smallest absolute Gasteiger partial charge is 0.161 e. The highest BCUT2D eigenvalue weighted by Gasteiger charge is 2.51. The van der Waals surface area contributed by atoms with Crippen molar-refractivity contribution in [2.75, 3.05) is 6.61 Å². The molecule has 0 aromatic rings. The van der Waals surface area contributed by atoms with Crippen molar-refractivity contribution in [2.45, 2.75) is 72.3 Å². The van der Waals surface area contributed by atoms with Crippen molar-refractivity contribution in [2.24, 2.45) is 22.7 Å². The summed E-state index contributed by atoms with van der Waals surface area (Å²) in [6, 6.07) is 0. The Bertz CT molecular complexity index is 536. The first kappa shape index (κ1) is 19.3. The van der Waals surface area contributed by atoms with Crippen molar-refractivity contribution in [3.05, 3.63) is 11.6 Å². The number of hydrogen-bond donors (Lipinski definition) is 2. The fourth-order valence-electron chi connectivity index (χ4n) is 4.71. The quantitative estimate of drug-likeness (QED) is 0.782. The largest absolute Gasteiger partial charge is 0.396 e. The molecule has 4 heteroatoms. The molecule has 0 saturated heterocycles. The Hall–Kier alpha value is -1.00. The zero-order valence-corrected chi connectivity index (χ0v) is 15.5. The second-order valence-electron chi connectivity index (χ2n) is 8.56. The van der Waals surface area contributed by atoms with Gasteiger partial charge in [0, 0.05) is 24.9 Å². The minimum atomic E-state index is -0.549. The van der Waals surface area contributed by atoms with Crippen LogP contribution < -0.4 is 0 Å². The van der Waals surface area contributed by atoms with Crippen LogP contribution in [0, 0.1) is 22.7 Å². The van der Waals surface area contributed by atoms with Crippen LogP contribution in [-0.2, 0) is 9.59 Å². The lowest BCUT2D eigenvalue weighted by molar-refractivity contribution is -0.125. The van der Waals surface area contributed by atoms with Gasteiger partial charge in [-0.15, -0.1) is 0 Å². The zero-order chi connectivity index (χ0) is 18.1. The Kier molecular flexibility index (Phi) is 5.71.